The molecule has 0 aliphatic heterocycles. The molecule has 0 radical (unpaired) electrons. The van der Waals surface area contributed by atoms with Crippen LogP contribution in [0.1, 0.15) is 32.8 Å². The van der Waals surface area contributed by atoms with Crippen molar-refractivity contribution in [2.75, 3.05) is 0 Å². The van der Waals surface area contributed by atoms with E-state index in [9.17, 15) is 4.79 Å². The third-order valence-corrected chi connectivity index (χ3v) is 3.81. The third kappa shape index (κ3) is 3.16. The summed E-state index contributed by atoms with van der Waals surface area (Å²) in [5.41, 5.74) is 2.89. The van der Waals surface area contributed by atoms with Crippen LogP contribution in [0.3, 0.4) is 0 Å². The molecule has 0 aromatic heterocycles. The van der Waals surface area contributed by atoms with Crippen LogP contribution in [0.5, 0.6) is 0 Å². The Bertz CT molecular complexity index is 535. The van der Waals surface area contributed by atoms with Crippen molar-refractivity contribution in [2.45, 2.75) is 27.2 Å². The number of Topliss-reactive ketones (excluding diaryl/α,β-unsaturated/α-hetero) is 1. The topological polar surface area (TPSA) is 17.1 Å². The van der Waals surface area contributed by atoms with Crippen LogP contribution < -0.4 is 0 Å². The SMILES string of the molecule is CC(C)C1=CC[C@@H](C)/C(=C\c2ccc(Cl)cc2)C1=O. The Balaban J connectivity index is 2.35. The molecule has 0 fully saturated rings. The highest BCUT2D eigenvalue weighted by atomic mass is 35.5. The maximum atomic E-state index is 12.5. The van der Waals surface area contributed by atoms with Gasteiger partial charge in [0.15, 0.2) is 5.78 Å². The fraction of sp³-hybridized carbons (Fsp3) is 0.353. The number of rotatable bonds is 2. The number of ketones is 1. The lowest BCUT2D eigenvalue weighted by atomic mass is 9.80. The summed E-state index contributed by atoms with van der Waals surface area (Å²) in [6.45, 7) is 6.24. The van der Waals surface area contributed by atoms with Gasteiger partial charge in [-0.1, -0.05) is 50.6 Å². The van der Waals surface area contributed by atoms with Crippen molar-refractivity contribution in [3.8, 4) is 0 Å². The average Bonchev–Trinajstić information content (AvgIpc) is 2.36. The second-order valence-electron chi connectivity index (χ2n) is 5.43. The highest BCUT2D eigenvalue weighted by molar-refractivity contribution is 6.30. The van der Waals surface area contributed by atoms with E-state index in [1.807, 2.05) is 30.3 Å². The molecule has 1 aromatic carbocycles. The molecular formula is C17H19ClO. The summed E-state index contributed by atoms with van der Waals surface area (Å²) < 4.78 is 0. The lowest BCUT2D eigenvalue weighted by molar-refractivity contribution is -0.113. The molecule has 0 saturated carbocycles. The van der Waals surface area contributed by atoms with E-state index < -0.39 is 0 Å². The molecule has 1 atom stereocenters. The highest BCUT2D eigenvalue weighted by Crippen LogP contribution is 2.31. The first-order valence-electron chi connectivity index (χ1n) is 6.71. The van der Waals surface area contributed by atoms with Crippen molar-refractivity contribution in [1.82, 2.24) is 0 Å². The van der Waals surface area contributed by atoms with E-state index >= 15 is 0 Å². The van der Waals surface area contributed by atoms with Crippen LogP contribution >= 0.6 is 11.6 Å². The molecule has 1 nitrogen and oxygen atoms in total. The van der Waals surface area contributed by atoms with Crippen LogP contribution in [0.15, 0.2) is 41.5 Å². The fourth-order valence-electron chi connectivity index (χ4n) is 2.36. The van der Waals surface area contributed by atoms with Gasteiger partial charge < -0.3 is 0 Å². The quantitative estimate of drug-likeness (QED) is 0.700. The molecule has 0 heterocycles. The molecule has 0 unspecified atom stereocenters. The molecule has 0 saturated heterocycles. The van der Waals surface area contributed by atoms with Gasteiger partial charge in [-0.2, -0.15) is 0 Å². The zero-order valence-electron chi connectivity index (χ0n) is 11.6. The number of halogens is 1. The molecule has 0 bridgehead atoms. The van der Waals surface area contributed by atoms with Gasteiger partial charge in [-0.25, -0.2) is 0 Å². The molecule has 0 amide bonds. The van der Waals surface area contributed by atoms with Crippen LogP contribution in [0, 0.1) is 11.8 Å². The Morgan fingerprint density at radius 2 is 1.89 bits per heavy atom. The second-order valence-corrected chi connectivity index (χ2v) is 5.87. The summed E-state index contributed by atoms with van der Waals surface area (Å²) in [5.74, 6) is 0.767. The first-order chi connectivity index (χ1) is 8.99. The van der Waals surface area contributed by atoms with Gasteiger partial charge in [-0.05, 0) is 47.6 Å². The van der Waals surface area contributed by atoms with Crippen molar-refractivity contribution < 1.29 is 4.79 Å². The minimum absolute atomic E-state index is 0.198. The maximum Gasteiger partial charge on any atom is 0.185 e. The fourth-order valence-corrected chi connectivity index (χ4v) is 2.48. The van der Waals surface area contributed by atoms with E-state index in [1.165, 1.54) is 0 Å². The maximum absolute atomic E-state index is 12.5. The van der Waals surface area contributed by atoms with Crippen LogP contribution in [-0.2, 0) is 4.79 Å². The van der Waals surface area contributed by atoms with Gasteiger partial charge in [0.25, 0.3) is 0 Å². The molecular weight excluding hydrogens is 256 g/mol. The summed E-state index contributed by atoms with van der Waals surface area (Å²) in [4.78, 5) is 12.5. The van der Waals surface area contributed by atoms with Crippen LogP contribution in [-0.4, -0.2) is 5.78 Å². The Labute approximate surface area is 120 Å². The second kappa shape index (κ2) is 5.75. The standard InChI is InChI=1S/C17H19ClO/c1-11(2)15-9-4-12(3)16(17(15)19)10-13-5-7-14(18)8-6-13/h5-12H,4H2,1-3H3/b16-10+/t12-/m1/s1. The summed E-state index contributed by atoms with van der Waals surface area (Å²) in [6, 6.07) is 7.60. The number of allylic oxidation sites excluding steroid dienone is 3. The molecule has 19 heavy (non-hydrogen) atoms. The predicted molar refractivity (Wildman–Crippen MR) is 81.1 cm³/mol. The lowest BCUT2D eigenvalue weighted by Crippen LogP contribution is -2.20. The van der Waals surface area contributed by atoms with Crippen molar-refractivity contribution in [2.24, 2.45) is 11.8 Å². The number of benzene rings is 1. The van der Waals surface area contributed by atoms with Gasteiger partial charge in [0.2, 0.25) is 0 Å². The Morgan fingerprint density at radius 1 is 1.26 bits per heavy atom. The monoisotopic (exact) mass is 274 g/mol. The molecule has 2 rings (SSSR count). The van der Waals surface area contributed by atoms with E-state index in [-0.39, 0.29) is 17.6 Å². The Morgan fingerprint density at radius 3 is 2.47 bits per heavy atom. The predicted octanol–water partition coefficient (Wildman–Crippen LogP) is 4.91. The summed E-state index contributed by atoms with van der Waals surface area (Å²) in [5, 5.41) is 0.716. The number of hydrogen-bond donors (Lipinski definition) is 0. The van der Waals surface area contributed by atoms with E-state index in [4.69, 9.17) is 11.6 Å². The van der Waals surface area contributed by atoms with Gasteiger partial charge >= 0.3 is 0 Å². The van der Waals surface area contributed by atoms with Crippen molar-refractivity contribution in [1.29, 1.82) is 0 Å². The van der Waals surface area contributed by atoms with Crippen molar-refractivity contribution >= 4 is 23.5 Å². The molecule has 0 spiro atoms. The van der Waals surface area contributed by atoms with Gasteiger partial charge in [0.05, 0.1) is 0 Å². The first kappa shape index (κ1) is 14.1. The van der Waals surface area contributed by atoms with E-state index in [0.717, 1.165) is 23.1 Å². The molecule has 1 aliphatic rings. The van der Waals surface area contributed by atoms with E-state index in [0.29, 0.717) is 5.02 Å². The highest BCUT2D eigenvalue weighted by Gasteiger charge is 2.26. The smallest absolute Gasteiger partial charge is 0.185 e. The van der Waals surface area contributed by atoms with E-state index in [2.05, 4.69) is 26.8 Å². The number of carbonyl (C=O) groups excluding carboxylic acids is 1. The average molecular weight is 275 g/mol. The largest absolute Gasteiger partial charge is 0.289 e. The molecule has 100 valence electrons. The van der Waals surface area contributed by atoms with Crippen LogP contribution in [0.25, 0.3) is 6.08 Å². The first-order valence-corrected chi connectivity index (χ1v) is 7.08. The van der Waals surface area contributed by atoms with Gasteiger partial charge in [0, 0.05) is 10.6 Å². The zero-order valence-corrected chi connectivity index (χ0v) is 12.4. The third-order valence-electron chi connectivity index (χ3n) is 3.56. The van der Waals surface area contributed by atoms with Crippen LogP contribution in [0.2, 0.25) is 5.02 Å². The van der Waals surface area contributed by atoms with Crippen molar-refractivity contribution in [3.63, 3.8) is 0 Å². The summed E-state index contributed by atoms with van der Waals surface area (Å²) >= 11 is 5.88. The minimum atomic E-state index is 0.198. The summed E-state index contributed by atoms with van der Waals surface area (Å²) in [7, 11) is 0. The van der Waals surface area contributed by atoms with Crippen LogP contribution in [0.4, 0.5) is 0 Å². The molecule has 1 aromatic rings. The van der Waals surface area contributed by atoms with E-state index in [1.54, 1.807) is 0 Å². The number of hydrogen-bond acceptors (Lipinski definition) is 1. The number of carbonyl (C=O) groups is 1. The van der Waals surface area contributed by atoms with Gasteiger partial charge in [-0.3, -0.25) is 4.79 Å². The normalized spacial score (nSPS) is 21.9. The molecule has 2 heteroatoms. The van der Waals surface area contributed by atoms with Crippen molar-refractivity contribution in [3.05, 3.63) is 52.1 Å². The zero-order chi connectivity index (χ0) is 14.0. The minimum Gasteiger partial charge on any atom is -0.289 e. The lowest BCUT2D eigenvalue weighted by Gasteiger charge is -2.23. The van der Waals surface area contributed by atoms with Gasteiger partial charge in [0.1, 0.15) is 0 Å². The summed E-state index contributed by atoms with van der Waals surface area (Å²) in [6.07, 6.45) is 5.04. The Hall–Kier alpha value is -1.34. The van der Waals surface area contributed by atoms with Gasteiger partial charge in [-0.15, -0.1) is 0 Å². The Kier molecular flexibility index (Phi) is 4.26. The molecule has 1 aliphatic carbocycles. The molecule has 0 N–H and O–H groups in total.